The molecule has 0 heterocycles. The second-order valence-electron chi connectivity index (χ2n) is 3.03. The van der Waals surface area contributed by atoms with Gasteiger partial charge in [-0.05, 0) is 30.7 Å². The van der Waals surface area contributed by atoms with E-state index in [1.807, 2.05) is 6.92 Å². The summed E-state index contributed by atoms with van der Waals surface area (Å²) in [6.07, 6.45) is 1.44. The van der Waals surface area contributed by atoms with Crippen LogP contribution < -0.4 is 4.74 Å². The maximum Gasteiger partial charge on any atom is 0.170 e. The van der Waals surface area contributed by atoms with Gasteiger partial charge in [0.1, 0.15) is 12.4 Å². The number of halogens is 1. The summed E-state index contributed by atoms with van der Waals surface area (Å²) in [5, 5.41) is 0.664. The third-order valence-electron chi connectivity index (χ3n) is 1.74. The topological polar surface area (TPSA) is 26.3 Å². The number of hydrogen-bond donors (Lipinski definition) is 0. The number of benzene rings is 1. The van der Waals surface area contributed by atoms with Crippen LogP contribution in [0.25, 0.3) is 0 Å². The van der Waals surface area contributed by atoms with Crippen molar-refractivity contribution in [1.29, 1.82) is 0 Å². The number of carbonyl (C=O) groups is 1. The van der Waals surface area contributed by atoms with E-state index in [0.29, 0.717) is 17.2 Å². The summed E-state index contributed by atoms with van der Waals surface area (Å²) < 4.78 is 5.27. The van der Waals surface area contributed by atoms with Crippen LogP contribution in [-0.2, 0) is 4.79 Å². The summed E-state index contributed by atoms with van der Waals surface area (Å²) in [5.41, 5.74) is 0. The number of Topliss-reactive ketones (excluding diaryl/α,β-unsaturated/α-hetero) is 1. The molecule has 2 nitrogen and oxygen atoms in total. The average Bonchev–Trinajstić information content (AvgIpc) is 2.17. The summed E-state index contributed by atoms with van der Waals surface area (Å²) in [5.74, 6) is 0.807. The van der Waals surface area contributed by atoms with E-state index in [9.17, 15) is 4.79 Å². The van der Waals surface area contributed by atoms with Crippen molar-refractivity contribution in [2.24, 2.45) is 0 Å². The molecular formula is C11H13ClO2. The molecule has 0 spiro atoms. The van der Waals surface area contributed by atoms with Gasteiger partial charge in [-0.15, -0.1) is 0 Å². The Balaban J connectivity index is 2.38. The van der Waals surface area contributed by atoms with Crippen LogP contribution >= 0.6 is 11.6 Å². The van der Waals surface area contributed by atoms with Crippen LogP contribution in [0.3, 0.4) is 0 Å². The van der Waals surface area contributed by atoms with Gasteiger partial charge in [0, 0.05) is 11.4 Å². The van der Waals surface area contributed by atoms with Gasteiger partial charge in [0.25, 0.3) is 0 Å². The van der Waals surface area contributed by atoms with E-state index >= 15 is 0 Å². The fourth-order valence-corrected chi connectivity index (χ4v) is 1.17. The molecule has 0 amide bonds. The number of ether oxygens (including phenoxy) is 1. The molecule has 0 aliphatic heterocycles. The van der Waals surface area contributed by atoms with E-state index in [2.05, 4.69) is 0 Å². The van der Waals surface area contributed by atoms with Gasteiger partial charge in [-0.25, -0.2) is 0 Å². The number of rotatable bonds is 5. The van der Waals surface area contributed by atoms with Gasteiger partial charge in [0.2, 0.25) is 0 Å². The Morgan fingerprint density at radius 1 is 1.36 bits per heavy atom. The van der Waals surface area contributed by atoms with Crippen LogP contribution in [0.15, 0.2) is 24.3 Å². The summed E-state index contributed by atoms with van der Waals surface area (Å²) in [6.45, 7) is 2.12. The van der Waals surface area contributed by atoms with E-state index < -0.39 is 0 Å². The third kappa shape index (κ3) is 3.79. The predicted molar refractivity (Wildman–Crippen MR) is 56.9 cm³/mol. The summed E-state index contributed by atoms with van der Waals surface area (Å²) >= 11 is 5.70. The van der Waals surface area contributed by atoms with E-state index in [1.165, 1.54) is 0 Å². The second-order valence-corrected chi connectivity index (χ2v) is 3.47. The van der Waals surface area contributed by atoms with Crippen molar-refractivity contribution in [3.63, 3.8) is 0 Å². The third-order valence-corrected chi connectivity index (χ3v) is 1.99. The number of carbonyl (C=O) groups excluding carboxylic acids is 1. The highest BCUT2D eigenvalue weighted by atomic mass is 35.5. The first kappa shape index (κ1) is 11.1. The lowest BCUT2D eigenvalue weighted by atomic mass is 10.2. The average molecular weight is 213 g/mol. The van der Waals surface area contributed by atoms with Crippen molar-refractivity contribution < 1.29 is 9.53 Å². The molecular weight excluding hydrogens is 200 g/mol. The monoisotopic (exact) mass is 212 g/mol. The highest BCUT2D eigenvalue weighted by Gasteiger charge is 2.01. The molecule has 0 saturated carbocycles. The zero-order valence-electron chi connectivity index (χ0n) is 8.13. The van der Waals surface area contributed by atoms with E-state index in [0.717, 1.165) is 6.42 Å². The Morgan fingerprint density at radius 3 is 2.57 bits per heavy atom. The summed E-state index contributed by atoms with van der Waals surface area (Å²) in [7, 11) is 0. The van der Waals surface area contributed by atoms with Crippen LogP contribution in [0.2, 0.25) is 5.02 Å². The molecule has 76 valence electrons. The standard InChI is InChI=1S/C11H13ClO2/c1-2-3-10(13)8-14-11-6-4-9(12)5-7-11/h4-7H,2-3,8H2,1H3. The predicted octanol–water partition coefficient (Wildman–Crippen LogP) is 3.09. The molecule has 1 aromatic rings. The molecule has 0 fully saturated rings. The largest absolute Gasteiger partial charge is 0.486 e. The van der Waals surface area contributed by atoms with Gasteiger partial charge in [0.15, 0.2) is 5.78 Å². The lowest BCUT2D eigenvalue weighted by Gasteiger charge is -2.04. The van der Waals surface area contributed by atoms with Crippen LogP contribution in [0.4, 0.5) is 0 Å². The van der Waals surface area contributed by atoms with Crippen molar-refractivity contribution in [2.45, 2.75) is 19.8 Å². The lowest BCUT2D eigenvalue weighted by Crippen LogP contribution is -2.10. The molecule has 1 aromatic carbocycles. The Kier molecular flexibility index (Phi) is 4.47. The van der Waals surface area contributed by atoms with Crippen molar-refractivity contribution in [1.82, 2.24) is 0 Å². The molecule has 0 aliphatic carbocycles. The van der Waals surface area contributed by atoms with Gasteiger partial charge in [-0.2, -0.15) is 0 Å². The smallest absolute Gasteiger partial charge is 0.170 e. The Morgan fingerprint density at radius 2 is 2.00 bits per heavy atom. The minimum absolute atomic E-state index is 0.127. The van der Waals surface area contributed by atoms with Crippen molar-refractivity contribution >= 4 is 17.4 Å². The van der Waals surface area contributed by atoms with Crippen molar-refractivity contribution in [3.8, 4) is 5.75 Å². The van der Waals surface area contributed by atoms with Crippen LogP contribution in [0.5, 0.6) is 5.75 Å². The molecule has 0 saturated heterocycles. The summed E-state index contributed by atoms with van der Waals surface area (Å²) in [6, 6.07) is 6.98. The molecule has 0 atom stereocenters. The highest BCUT2D eigenvalue weighted by molar-refractivity contribution is 6.30. The minimum atomic E-state index is 0.127. The fraction of sp³-hybridized carbons (Fsp3) is 0.364. The maximum atomic E-state index is 11.1. The Bertz CT molecular complexity index is 293. The molecule has 0 unspecified atom stereocenters. The number of hydrogen-bond acceptors (Lipinski definition) is 2. The van der Waals surface area contributed by atoms with E-state index in [1.54, 1.807) is 24.3 Å². The normalized spacial score (nSPS) is 9.86. The second kappa shape index (κ2) is 5.66. The molecule has 1 rings (SSSR count). The zero-order chi connectivity index (χ0) is 10.4. The van der Waals surface area contributed by atoms with Gasteiger partial charge in [-0.3, -0.25) is 4.79 Å². The highest BCUT2D eigenvalue weighted by Crippen LogP contribution is 2.15. The molecule has 0 radical (unpaired) electrons. The molecule has 0 bridgehead atoms. The van der Waals surface area contributed by atoms with E-state index in [-0.39, 0.29) is 12.4 Å². The molecule has 0 N–H and O–H groups in total. The van der Waals surface area contributed by atoms with Crippen molar-refractivity contribution in [3.05, 3.63) is 29.3 Å². The molecule has 3 heteroatoms. The van der Waals surface area contributed by atoms with Gasteiger partial charge in [0.05, 0.1) is 0 Å². The van der Waals surface area contributed by atoms with E-state index in [4.69, 9.17) is 16.3 Å². The lowest BCUT2D eigenvalue weighted by molar-refractivity contribution is -0.121. The van der Waals surface area contributed by atoms with Gasteiger partial charge in [-0.1, -0.05) is 18.5 Å². The first-order valence-corrected chi connectivity index (χ1v) is 5.00. The molecule has 14 heavy (non-hydrogen) atoms. The van der Waals surface area contributed by atoms with Crippen molar-refractivity contribution in [2.75, 3.05) is 6.61 Å². The zero-order valence-corrected chi connectivity index (χ0v) is 8.88. The SMILES string of the molecule is CCCC(=O)COc1ccc(Cl)cc1. The van der Waals surface area contributed by atoms with Gasteiger partial charge >= 0.3 is 0 Å². The molecule has 0 aliphatic rings. The Hall–Kier alpha value is -1.02. The quantitative estimate of drug-likeness (QED) is 0.750. The van der Waals surface area contributed by atoms with Crippen LogP contribution in [0.1, 0.15) is 19.8 Å². The Labute approximate surface area is 88.8 Å². The van der Waals surface area contributed by atoms with Crippen LogP contribution in [0, 0.1) is 0 Å². The van der Waals surface area contributed by atoms with Crippen LogP contribution in [-0.4, -0.2) is 12.4 Å². The minimum Gasteiger partial charge on any atom is -0.486 e. The summed E-state index contributed by atoms with van der Waals surface area (Å²) in [4.78, 5) is 11.1. The first-order valence-electron chi connectivity index (χ1n) is 4.62. The maximum absolute atomic E-state index is 11.1. The fourth-order valence-electron chi connectivity index (χ4n) is 1.05. The van der Waals surface area contributed by atoms with Gasteiger partial charge < -0.3 is 4.74 Å². The first-order chi connectivity index (χ1) is 6.72. The number of ketones is 1. The molecule has 0 aromatic heterocycles.